The van der Waals surface area contributed by atoms with Gasteiger partial charge in [-0.3, -0.25) is 9.69 Å². The van der Waals surface area contributed by atoms with E-state index in [1.165, 1.54) is 5.69 Å². The summed E-state index contributed by atoms with van der Waals surface area (Å²) in [5, 5.41) is 0. The largest absolute Gasteiger partial charge is 0.383 e. The zero-order valence-corrected chi connectivity index (χ0v) is 13.3. The van der Waals surface area contributed by atoms with Crippen LogP contribution in [-0.2, 0) is 27.4 Å². The van der Waals surface area contributed by atoms with Gasteiger partial charge in [-0.15, -0.1) is 0 Å². The highest BCUT2D eigenvalue weighted by molar-refractivity contribution is 5.76. The molecule has 2 saturated heterocycles. The van der Waals surface area contributed by atoms with Crippen molar-refractivity contribution in [3.63, 3.8) is 0 Å². The number of ether oxygens (including phenoxy) is 2. The third-order valence-corrected chi connectivity index (χ3v) is 4.57. The fourth-order valence-corrected chi connectivity index (χ4v) is 3.26. The van der Waals surface area contributed by atoms with E-state index in [1.807, 2.05) is 24.5 Å². The van der Waals surface area contributed by atoms with Crippen LogP contribution in [0.3, 0.4) is 0 Å². The Labute approximate surface area is 130 Å². The van der Waals surface area contributed by atoms with Gasteiger partial charge in [-0.1, -0.05) is 0 Å². The minimum Gasteiger partial charge on any atom is -0.383 e. The Balaban J connectivity index is 1.63. The Morgan fingerprint density at radius 1 is 1.45 bits per heavy atom. The molecular formula is C15H24N4O3. The van der Waals surface area contributed by atoms with E-state index in [0.717, 1.165) is 26.2 Å². The lowest BCUT2D eigenvalue weighted by molar-refractivity contribution is -0.131. The lowest BCUT2D eigenvalue weighted by Gasteiger charge is -2.25. The molecule has 0 spiro atoms. The average molecular weight is 308 g/mol. The summed E-state index contributed by atoms with van der Waals surface area (Å²) >= 11 is 0. The summed E-state index contributed by atoms with van der Waals surface area (Å²) < 4.78 is 13.1. The molecule has 0 aromatic carbocycles. The maximum absolute atomic E-state index is 12.0. The topological polar surface area (TPSA) is 59.8 Å². The van der Waals surface area contributed by atoms with Gasteiger partial charge in [0.05, 0.1) is 43.8 Å². The molecule has 0 radical (unpaired) electrons. The molecule has 2 aliphatic rings. The molecule has 0 bridgehead atoms. The predicted octanol–water partition coefficient (Wildman–Crippen LogP) is -0.0390. The van der Waals surface area contributed by atoms with E-state index in [2.05, 4.69) is 14.5 Å². The minimum atomic E-state index is 0.117. The van der Waals surface area contributed by atoms with Gasteiger partial charge in [0.1, 0.15) is 0 Å². The number of nitrogens with zero attached hydrogens (tertiary/aromatic N) is 4. The van der Waals surface area contributed by atoms with Crippen LogP contribution in [0.15, 0.2) is 12.5 Å². The van der Waals surface area contributed by atoms with Crippen LogP contribution in [0, 0.1) is 0 Å². The first-order chi connectivity index (χ1) is 10.7. The van der Waals surface area contributed by atoms with E-state index in [0.29, 0.717) is 19.6 Å². The van der Waals surface area contributed by atoms with Gasteiger partial charge in [0.25, 0.3) is 0 Å². The second kappa shape index (κ2) is 6.76. The summed E-state index contributed by atoms with van der Waals surface area (Å²) in [5.41, 5.74) is 1.17. The number of hydrogen-bond donors (Lipinski definition) is 0. The van der Waals surface area contributed by atoms with Gasteiger partial charge in [-0.25, -0.2) is 4.98 Å². The van der Waals surface area contributed by atoms with Crippen LogP contribution in [0.1, 0.15) is 12.1 Å². The fourth-order valence-electron chi connectivity index (χ4n) is 3.26. The van der Waals surface area contributed by atoms with Crippen molar-refractivity contribution in [2.45, 2.75) is 31.7 Å². The Morgan fingerprint density at radius 2 is 2.32 bits per heavy atom. The zero-order valence-electron chi connectivity index (χ0n) is 13.3. The maximum Gasteiger partial charge on any atom is 0.225 e. The molecule has 0 saturated carbocycles. The normalized spacial score (nSPS) is 26.3. The quantitative estimate of drug-likeness (QED) is 0.764. The van der Waals surface area contributed by atoms with Gasteiger partial charge in [0.2, 0.25) is 5.91 Å². The van der Waals surface area contributed by atoms with Crippen molar-refractivity contribution in [1.82, 2.24) is 19.4 Å². The second-order valence-corrected chi connectivity index (χ2v) is 6.00. The van der Waals surface area contributed by atoms with Crippen molar-refractivity contribution in [1.29, 1.82) is 0 Å². The summed E-state index contributed by atoms with van der Waals surface area (Å²) in [6.07, 6.45) is 4.36. The third kappa shape index (κ3) is 3.16. The molecule has 1 aromatic rings. The van der Waals surface area contributed by atoms with Crippen LogP contribution < -0.4 is 0 Å². The first-order valence-electron chi connectivity index (χ1n) is 7.76. The number of imidazole rings is 1. The van der Waals surface area contributed by atoms with E-state index >= 15 is 0 Å². The molecule has 122 valence electrons. The predicted molar refractivity (Wildman–Crippen MR) is 80.3 cm³/mol. The average Bonchev–Trinajstić information content (AvgIpc) is 3.08. The summed E-state index contributed by atoms with van der Waals surface area (Å²) in [7, 11) is 3.59. The third-order valence-electron chi connectivity index (χ3n) is 4.57. The molecule has 3 rings (SSSR count). The van der Waals surface area contributed by atoms with Crippen molar-refractivity contribution in [2.24, 2.45) is 0 Å². The van der Waals surface area contributed by atoms with Crippen LogP contribution in [0.4, 0.5) is 0 Å². The van der Waals surface area contributed by atoms with Crippen LogP contribution >= 0.6 is 0 Å². The number of carbonyl (C=O) groups excluding carboxylic acids is 1. The number of rotatable bonds is 5. The Hall–Kier alpha value is -1.44. The number of amides is 1. The number of likely N-dealkylation sites (N-methyl/N-ethyl adjacent to an activating group) is 1. The molecule has 2 aliphatic heterocycles. The maximum atomic E-state index is 12.0. The molecule has 1 aromatic heterocycles. The van der Waals surface area contributed by atoms with Crippen LogP contribution in [0.5, 0.6) is 0 Å². The minimum absolute atomic E-state index is 0.117. The number of carbonyl (C=O) groups is 1. The van der Waals surface area contributed by atoms with Gasteiger partial charge in [0, 0.05) is 46.5 Å². The Bertz CT molecular complexity index is 519. The van der Waals surface area contributed by atoms with Crippen molar-refractivity contribution in [2.75, 3.05) is 40.5 Å². The Morgan fingerprint density at radius 3 is 3.14 bits per heavy atom. The number of aromatic nitrogens is 2. The van der Waals surface area contributed by atoms with Crippen molar-refractivity contribution < 1.29 is 14.3 Å². The molecule has 2 atom stereocenters. The molecule has 0 N–H and O–H groups in total. The highest BCUT2D eigenvalue weighted by atomic mass is 16.5. The lowest BCUT2D eigenvalue weighted by atomic mass is 10.2. The van der Waals surface area contributed by atoms with Crippen LogP contribution in [0.2, 0.25) is 0 Å². The monoisotopic (exact) mass is 308 g/mol. The summed E-state index contributed by atoms with van der Waals surface area (Å²) in [6, 6.07) is 0.158. The van der Waals surface area contributed by atoms with E-state index in [1.54, 1.807) is 7.11 Å². The van der Waals surface area contributed by atoms with E-state index in [-0.39, 0.29) is 18.1 Å². The standard InChI is InChI=1S/C15H24N4O3/c1-17-13-9-18(10-14(13)22-5-3-15(17)20)8-12-7-16-11-19(12)4-6-21-2/h7,11,13-14H,3-6,8-10H2,1-2H3/t13-,14-/m0/s1. The molecule has 3 heterocycles. The zero-order chi connectivity index (χ0) is 15.5. The number of likely N-dealkylation sites (tertiary alicyclic amines) is 1. The first-order valence-corrected chi connectivity index (χ1v) is 7.76. The van der Waals surface area contributed by atoms with Gasteiger partial charge < -0.3 is 18.9 Å². The lowest BCUT2D eigenvalue weighted by Crippen LogP contribution is -2.42. The highest BCUT2D eigenvalue weighted by Crippen LogP contribution is 2.23. The molecule has 22 heavy (non-hydrogen) atoms. The number of fused-ring (bicyclic) bond motifs is 1. The number of hydrogen-bond acceptors (Lipinski definition) is 5. The van der Waals surface area contributed by atoms with Crippen molar-refractivity contribution in [3.8, 4) is 0 Å². The smallest absolute Gasteiger partial charge is 0.225 e. The highest BCUT2D eigenvalue weighted by Gasteiger charge is 2.39. The molecule has 0 aliphatic carbocycles. The van der Waals surface area contributed by atoms with E-state index in [4.69, 9.17) is 9.47 Å². The molecule has 0 unspecified atom stereocenters. The molecule has 7 nitrogen and oxygen atoms in total. The molecule has 7 heteroatoms. The van der Waals surface area contributed by atoms with Crippen LogP contribution in [0.25, 0.3) is 0 Å². The summed E-state index contributed by atoms with van der Waals surface area (Å²) in [4.78, 5) is 20.4. The molecule has 1 amide bonds. The van der Waals surface area contributed by atoms with Gasteiger partial charge in [-0.2, -0.15) is 0 Å². The molecular weight excluding hydrogens is 284 g/mol. The van der Waals surface area contributed by atoms with Crippen molar-refractivity contribution in [3.05, 3.63) is 18.2 Å². The van der Waals surface area contributed by atoms with Crippen molar-refractivity contribution >= 4 is 5.91 Å². The summed E-state index contributed by atoms with van der Waals surface area (Å²) in [6.45, 7) is 4.54. The fraction of sp³-hybridized carbons (Fsp3) is 0.733. The summed E-state index contributed by atoms with van der Waals surface area (Å²) in [5.74, 6) is 0.180. The van der Waals surface area contributed by atoms with E-state index in [9.17, 15) is 4.79 Å². The SMILES string of the molecule is COCCn1cncc1CN1C[C@@H]2OCCC(=O)N(C)[C@H]2C1. The van der Waals surface area contributed by atoms with Gasteiger partial charge in [0.15, 0.2) is 0 Å². The first kappa shape index (κ1) is 15.5. The number of methoxy groups -OCH3 is 1. The van der Waals surface area contributed by atoms with Gasteiger partial charge in [-0.05, 0) is 0 Å². The van der Waals surface area contributed by atoms with E-state index < -0.39 is 0 Å². The molecule has 2 fully saturated rings. The van der Waals surface area contributed by atoms with Gasteiger partial charge >= 0.3 is 0 Å². The van der Waals surface area contributed by atoms with Crippen LogP contribution in [-0.4, -0.2) is 77.9 Å². The Kier molecular flexibility index (Phi) is 4.75. The second-order valence-electron chi connectivity index (χ2n) is 6.00.